The lowest BCUT2D eigenvalue weighted by Crippen LogP contribution is -2.23. The normalized spacial score (nSPS) is 15.4. The first-order valence-electron chi connectivity index (χ1n) is 7.90. The summed E-state index contributed by atoms with van der Waals surface area (Å²) in [7, 11) is 0. The predicted molar refractivity (Wildman–Crippen MR) is 99.9 cm³/mol. The number of hydrogen-bond donors (Lipinski definition) is 4. The molecule has 0 heterocycles. The second kappa shape index (κ2) is 8.06. The lowest BCUT2D eigenvalue weighted by Gasteiger charge is -2.17. The fourth-order valence-corrected chi connectivity index (χ4v) is 2.72. The summed E-state index contributed by atoms with van der Waals surface area (Å²) < 4.78 is 14.3. The van der Waals surface area contributed by atoms with Crippen molar-refractivity contribution in [3.63, 3.8) is 0 Å². The van der Waals surface area contributed by atoms with Crippen LogP contribution in [0.5, 0.6) is 0 Å². The molecule has 1 saturated carbocycles. The zero-order valence-corrected chi connectivity index (χ0v) is 14.7. The molecule has 25 heavy (non-hydrogen) atoms. The van der Waals surface area contributed by atoms with Gasteiger partial charge in [0.1, 0.15) is 17.1 Å². The molecule has 8 heteroatoms. The second-order valence-electron chi connectivity index (χ2n) is 6.19. The minimum atomic E-state index is -0.797. The van der Waals surface area contributed by atoms with Crippen molar-refractivity contribution in [1.82, 2.24) is 0 Å². The van der Waals surface area contributed by atoms with Crippen LogP contribution in [0.15, 0.2) is 23.9 Å². The molecule has 0 radical (unpaired) electrons. The molecule has 6 nitrogen and oxygen atoms in total. The van der Waals surface area contributed by atoms with Crippen LogP contribution in [0.4, 0.5) is 15.8 Å². The number of amides is 1. The fourth-order valence-electron chi connectivity index (χ4n) is 2.43. The maximum atomic E-state index is 14.3. The van der Waals surface area contributed by atoms with Crippen molar-refractivity contribution < 1.29 is 14.0 Å². The maximum absolute atomic E-state index is 14.3. The van der Waals surface area contributed by atoms with Gasteiger partial charge < -0.3 is 26.9 Å². The summed E-state index contributed by atoms with van der Waals surface area (Å²) in [6.07, 6.45) is 5.08. The summed E-state index contributed by atoms with van der Waals surface area (Å²) in [5, 5.41) is 5.68. The molecule has 0 saturated heterocycles. The summed E-state index contributed by atoms with van der Waals surface area (Å²) in [5.41, 5.74) is 11.6. The topological polar surface area (TPSA) is 110 Å². The van der Waals surface area contributed by atoms with Gasteiger partial charge in [-0.1, -0.05) is 25.1 Å². The SMILES string of the molecule is CC(N)=CC(=S)Nc1cc(N[C@@H](C=O)CC2CC2)c(F)cc1C(N)=O. The molecule has 0 spiro atoms. The van der Waals surface area contributed by atoms with Gasteiger partial charge in [-0.05, 0) is 37.5 Å². The third-order valence-electron chi connectivity index (χ3n) is 3.78. The number of nitrogens with two attached hydrogens (primary N) is 2. The van der Waals surface area contributed by atoms with E-state index >= 15 is 0 Å². The molecule has 1 amide bonds. The number of hydrogen-bond acceptors (Lipinski definition) is 5. The van der Waals surface area contributed by atoms with Gasteiger partial charge in [0.25, 0.3) is 5.91 Å². The van der Waals surface area contributed by atoms with Crippen LogP contribution in [0.1, 0.15) is 36.5 Å². The average Bonchev–Trinajstić information content (AvgIpc) is 3.32. The number of nitrogens with one attached hydrogen (secondary N) is 2. The first-order valence-corrected chi connectivity index (χ1v) is 8.31. The van der Waals surface area contributed by atoms with Crippen LogP contribution in [0.2, 0.25) is 0 Å². The van der Waals surface area contributed by atoms with E-state index in [1.165, 1.54) is 12.1 Å². The van der Waals surface area contributed by atoms with E-state index in [9.17, 15) is 14.0 Å². The van der Waals surface area contributed by atoms with Crippen molar-refractivity contribution in [1.29, 1.82) is 0 Å². The standard InChI is InChI=1S/C17H21FN4O2S/c1-9(19)4-16(25)22-14-7-15(13(18)6-12(14)17(20)24)21-11(8-23)5-10-2-3-10/h4,6-8,10-11,21H,2-3,5,19H2,1H3,(H2,20,24)(H,22,25)/t11-/m1/s1. The summed E-state index contributed by atoms with van der Waals surface area (Å²) in [5.74, 6) is -0.967. The Labute approximate surface area is 150 Å². The van der Waals surface area contributed by atoms with E-state index < -0.39 is 17.8 Å². The molecular formula is C17H21FN4O2S. The van der Waals surface area contributed by atoms with Crippen LogP contribution in [0, 0.1) is 11.7 Å². The minimum Gasteiger partial charge on any atom is -0.402 e. The quantitative estimate of drug-likeness (QED) is 0.320. The van der Waals surface area contributed by atoms with Crippen molar-refractivity contribution in [2.75, 3.05) is 10.6 Å². The Morgan fingerprint density at radius 2 is 2.08 bits per heavy atom. The number of aldehydes is 1. The molecule has 0 unspecified atom stereocenters. The van der Waals surface area contributed by atoms with Crippen molar-refractivity contribution in [2.24, 2.45) is 17.4 Å². The van der Waals surface area contributed by atoms with Gasteiger partial charge in [0.15, 0.2) is 0 Å². The third-order valence-corrected chi connectivity index (χ3v) is 4.00. The van der Waals surface area contributed by atoms with Crippen molar-refractivity contribution >= 4 is 40.8 Å². The van der Waals surface area contributed by atoms with Crippen LogP contribution in [0.25, 0.3) is 0 Å². The molecule has 134 valence electrons. The number of anilines is 2. The Balaban J connectivity index is 2.28. The number of thiocarbonyl (C=S) groups is 1. The lowest BCUT2D eigenvalue weighted by molar-refractivity contribution is -0.108. The number of allylic oxidation sites excluding steroid dienone is 1. The smallest absolute Gasteiger partial charge is 0.250 e. The van der Waals surface area contributed by atoms with Crippen molar-refractivity contribution in [2.45, 2.75) is 32.2 Å². The molecule has 0 bridgehead atoms. The first kappa shape index (κ1) is 18.9. The third kappa shape index (κ3) is 5.53. The van der Waals surface area contributed by atoms with Crippen LogP contribution in [0.3, 0.4) is 0 Å². The second-order valence-corrected chi connectivity index (χ2v) is 6.63. The number of primary amides is 1. The summed E-state index contributed by atoms with van der Waals surface area (Å²) in [4.78, 5) is 23.1. The monoisotopic (exact) mass is 364 g/mol. The molecule has 1 aliphatic carbocycles. The molecule has 1 atom stereocenters. The van der Waals surface area contributed by atoms with E-state index in [0.717, 1.165) is 25.2 Å². The molecule has 1 aromatic carbocycles. The molecule has 1 aliphatic rings. The van der Waals surface area contributed by atoms with E-state index in [1.54, 1.807) is 6.92 Å². The Kier molecular flexibility index (Phi) is 6.08. The van der Waals surface area contributed by atoms with Crippen molar-refractivity contribution in [3.05, 3.63) is 35.3 Å². The molecule has 2 rings (SSSR count). The maximum Gasteiger partial charge on any atom is 0.250 e. The molecule has 0 aliphatic heterocycles. The number of rotatable bonds is 8. The number of carbonyl (C=O) groups is 2. The van der Waals surface area contributed by atoms with E-state index in [2.05, 4.69) is 10.6 Å². The van der Waals surface area contributed by atoms with Crippen LogP contribution in [-0.2, 0) is 4.79 Å². The summed E-state index contributed by atoms with van der Waals surface area (Å²) in [6.45, 7) is 1.66. The van der Waals surface area contributed by atoms with E-state index in [1.807, 2.05) is 0 Å². The number of carbonyl (C=O) groups excluding carboxylic acids is 2. The van der Waals surface area contributed by atoms with E-state index in [-0.39, 0.29) is 21.9 Å². The van der Waals surface area contributed by atoms with E-state index in [0.29, 0.717) is 18.0 Å². The van der Waals surface area contributed by atoms with Crippen LogP contribution < -0.4 is 22.1 Å². The van der Waals surface area contributed by atoms with Gasteiger partial charge in [0, 0.05) is 5.70 Å². The van der Waals surface area contributed by atoms with Gasteiger partial charge in [-0.2, -0.15) is 0 Å². The minimum absolute atomic E-state index is 0.0432. The number of halogens is 1. The van der Waals surface area contributed by atoms with E-state index in [4.69, 9.17) is 23.7 Å². The van der Waals surface area contributed by atoms with Gasteiger partial charge in [0.05, 0.1) is 23.0 Å². The predicted octanol–water partition coefficient (Wildman–Crippen LogP) is 2.31. The zero-order valence-electron chi connectivity index (χ0n) is 13.8. The molecule has 1 fully saturated rings. The first-order chi connectivity index (χ1) is 11.8. The van der Waals surface area contributed by atoms with Crippen molar-refractivity contribution in [3.8, 4) is 0 Å². The Bertz CT molecular complexity index is 728. The largest absolute Gasteiger partial charge is 0.402 e. The Morgan fingerprint density at radius 3 is 2.60 bits per heavy atom. The molecule has 0 aromatic heterocycles. The highest BCUT2D eigenvalue weighted by Gasteiger charge is 2.26. The van der Waals surface area contributed by atoms with Gasteiger partial charge in [-0.15, -0.1) is 0 Å². The highest BCUT2D eigenvalue weighted by molar-refractivity contribution is 7.81. The average molecular weight is 364 g/mol. The Hall–Kier alpha value is -2.48. The molecular weight excluding hydrogens is 343 g/mol. The lowest BCUT2D eigenvalue weighted by atomic mass is 10.1. The highest BCUT2D eigenvalue weighted by Crippen LogP contribution is 2.34. The van der Waals surface area contributed by atoms with Gasteiger partial charge in [-0.3, -0.25) is 4.79 Å². The Morgan fingerprint density at radius 1 is 1.40 bits per heavy atom. The van der Waals surface area contributed by atoms with Crippen LogP contribution >= 0.6 is 12.2 Å². The zero-order chi connectivity index (χ0) is 18.6. The van der Waals surface area contributed by atoms with Crippen LogP contribution in [-0.4, -0.2) is 23.2 Å². The number of benzene rings is 1. The summed E-state index contributed by atoms with van der Waals surface area (Å²) >= 11 is 5.12. The fraction of sp³-hybridized carbons (Fsp3) is 0.353. The molecule has 1 aromatic rings. The summed E-state index contributed by atoms with van der Waals surface area (Å²) in [6, 6.07) is 1.91. The van der Waals surface area contributed by atoms with Gasteiger partial charge in [0.2, 0.25) is 0 Å². The van der Waals surface area contributed by atoms with Gasteiger partial charge >= 0.3 is 0 Å². The van der Waals surface area contributed by atoms with Gasteiger partial charge in [-0.25, -0.2) is 4.39 Å². The molecule has 6 N–H and O–H groups in total. The highest BCUT2D eigenvalue weighted by atomic mass is 32.1.